The van der Waals surface area contributed by atoms with Crippen LogP contribution in [0.4, 0.5) is 10.5 Å². The van der Waals surface area contributed by atoms with E-state index in [1.165, 1.54) is 39.2 Å². The normalized spacial score (nSPS) is 18.7. The fraction of sp³-hybridized carbons (Fsp3) is 0.481. The number of carbonyl (C=O) groups excluding carboxylic acids is 1. The monoisotopic (exact) mass is 481 g/mol. The van der Waals surface area contributed by atoms with Crippen molar-refractivity contribution in [3.63, 3.8) is 0 Å². The van der Waals surface area contributed by atoms with Gasteiger partial charge >= 0.3 is 6.09 Å². The molecule has 0 saturated heterocycles. The van der Waals surface area contributed by atoms with Gasteiger partial charge in [-0.15, -0.1) is 0 Å². The maximum Gasteiger partial charge on any atom is 0.414 e. The van der Waals surface area contributed by atoms with Crippen molar-refractivity contribution in [2.24, 2.45) is 0 Å². The number of amides is 1. The maximum atomic E-state index is 12.6. The van der Waals surface area contributed by atoms with Gasteiger partial charge in [0.15, 0.2) is 0 Å². The molecule has 0 radical (unpaired) electrons. The van der Waals surface area contributed by atoms with E-state index in [2.05, 4.69) is 23.6 Å². The second kappa shape index (κ2) is 9.49. The van der Waals surface area contributed by atoms with Gasteiger partial charge in [-0.05, 0) is 68.5 Å². The zero-order chi connectivity index (χ0) is 23.8. The Morgan fingerprint density at radius 3 is 2.65 bits per heavy atom. The van der Waals surface area contributed by atoms with Gasteiger partial charge in [0, 0.05) is 29.1 Å². The largest absolute Gasteiger partial charge is 0.497 e. The minimum atomic E-state index is -0.314. The average molecular weight is 482 g/mol. The summed E-state index contributed by atoms with van der Waals surface area (Å²) in [6.45, 7) is 2.07. The number of halogens is 1. The van der Waals surface area contributed by atoms with Crippen LogP contribution in [0.25, 0.3) is 11.0 Å². The summed E-state index contributed by atoms with van der Waals surface area (Å²) in [6.07, 6.45) is 8.26. The molecule has 34 heavy (non-hydrogen) atoms. The van der Waals surface area contributed by atoms with Crippen molar-refractivity contribution in [1.29, 1.82) is 0 Å². The van der Waals surface area contributed by atoms with E-state index in [-0.39, 0.29) is 12.1 Å². The number of carbonyl (C=O) groups is 1. The highest BCUT2D eigenvalue weighted by Gasteiger charge is 2.32. The minimum Gasteiger partial charge on any atom is -0.497 e. The second-order valence-corrected chi connectivity index (χ2v) is 9.96. The summed E-state index contributed by atoms with van der Waals surface area (Å²) < 4.78 is 13.0. The van der Waals surface area contributed by atoms with Crippen molar-refractivity contribution in [1.82, 2.24) is 9.55 Å². The molecule has 7 heteroatoms. The van der Waals surface area contributed by atoms with Gasteiger partial charge in [-0.25, -0.2) is 9.78 Å². The van der Waals surface area contributed by atoms with Gasteiger partial charge in [-0.1, -0.05) is 30.9 Å². The highest BCUT2D eigenvalue weighted by atomic mass is 35.5. The number of nitrogens with zero attached hydrogens (tertiary/aromatic N) is 3. The zero-order valence-electron chi connectivity index (χ0n) is 20.1. The van der Waals surface area contributed by atoms with E-state index < -0.39 is 0 Å². The molecule has 0 N–H and O–H groups in total. The van der Waals surface area contributed by atoms with E-state index in [4.69, 9.17) is 26.1 Å². The molecule has 0 unspecified atom stereocenters. The number of imidazole rings is 1. The lowest BCUT2D eigenvalue weighted by Gasteiger charge is -2.34. The van der Waals surface area contributed by atoms with Crippen LogP contribution in [-0.2, 0) is 17.6 Å². The molecule has 180 valence electrons. The number of rotatable bonds is 4. The minimum absolute atomic E-state index is 0.0937. The molecule has 0 spiro atoms. The Morgan fingerprint density at radius 2 is 1.91 bits per heavy atom. The SMILES string of the molecule is COC(=O)N1c2ccc3c(nc(Cc4cc(Cl)cc(OC)c4)n3C3CCCCC3)c2CC[C@@H]1C. The van der Waals surface area contributed by atoms with E-state index in [0.29, 0.717) is 17.5 Å². The zero-order valence-corrected chi connectivity index (χ0v) is 20.9. The molecule has 2 heterocycles. The van der Waals surface area contributed by atoms with Crippen molar-refractivity contribution in [2.75, 3.05) is 19.1 Å². The average Bonchev–Trinajstić information content (AvgIpc) is 3.21. The quantitative estimate of drug-likeness (QED) is 0.416. The van der Waals surface area contributed by atoms with Crippen LogP contribution in [0.1, 0.15) is 68.4 Å². The molecule has 5 rings (SSSR count). The number of fused-ring (bicyclic) bond motifs is 3. The van der Waals surface area contributed by atoms with Crippen LogP contribution in [0, 0.1) is 0 Å². The molecular weight excluding hydrogens is 450 g/mol. The standard InChI is InChI=1S/C27H32ClN3O3/c1-17-9-10-22-23(30(17)27(32)34-3)11-12-24-26(22)29-25(31(24)20-7-5-4-6-8-20)15-18-13-19(28)16-21(14-18)33-2/h11-14,16-17,20H,4-10,15H2,1-3H3/t17-/m0/s1. The molecule has 1 saturated carbocycles. The van der Waals surface area contributed by atoms with Crippen LogP contribution < -0.4 is 9.64 Å². The van der Waals surface area contributed by atoms with E-state index in [9.17, 15) is 4.79 Å². The summed E-state index contributed by atoms with van der Waals surface area (Å²) in [4.78, 5) is 19.6. The van der Waals surface area contributed by atoms with Crippen LogP contribution in [0.5, 0.6) is 5.75 Å². The van der Waals surface area contributed by atoms with Crippen molar-refractivity contribution in [3.05, 3.63) is 52.3 Å². The van der Waals surface area contributed by atoms with Crippen LogP contribution in [-0.4, -0.2) is 35.9 Å². The van der Waals surface area contributed by atoms with E-state index in [0.717, 1.165) is 52.3 Å². The van der Waals surface area contributed by atoms with Crippen LogP contribution in [0.2, 0.25) is 5.02 Å². The summed E-state index contributed by atoms with van der Waals surface area (Å²) in [5, 5.41) is 0.662. The molecule has 0 bridgehead atoms. The van der Waals surface area contributed by atoms with E-state index in [1.54, 1.807) is 12.0 Å². The van der Waals surface area contributed by atoms with Crippen molar-refractivity contribution in [3.8, 4) is 5.75 Å². The molecule has 1 atom stereocenters. The van der Waals surface area contributed by atoms with Crippen LogP contribution in [0.15, 0.2) is 30.3 Å². The molecule has 6 nitrogen and oxygen atoms in total. The van der Waals surface area contributed by atoms with Crippen LogP contribution >= 0.6 is 11.6 Å². The van der Waals surface area contributed by atoms with Gasteiger partial charge in [0.2, 0.25) is 0 Å². The van der Waals surface area contributed by atoms with Crippen molar-refractivity contribution >= 4 is 34.4 Å². The molecule has 1 amide bonds. The number of ether oxygens (including phenoxy) is 2. The molecule has 2 aromatic carbocycles. The highest BCUT2D eigenvalue weighted by Crippen LogP contribution is 2.40. The maximum absolute atomic E-state index is 12.6. The number of aromatic nitrogens is 2. The summed E-state index contributed by atoms with van der Waals surface area (Å²) >= 11 is 6.37. The first-order valence-electron chi connectivity index (χ1n) is 12.2. The first-order valence-corrected chi connectivity index (χ1v) is 12.6. The molecular formula is C27H32ClN3O3. The number of hydrogen-bond donors (Lipinski definition) is 0. The number of benzene rings is 2. The van der Waals surface area contributed by atoms with Gasteiger partial charge in [0.05, 0.1) is 30.9 Å². The molecule has 2 aliphatic rings. The van der Waals surface area contributed by atoms with Gasteiger partial charge in [0.1, 0.15) is 11.6 Å². The fourth-order valence-corrected chi connectivity index (χ4v) is 5.97. The third kappa shape index (κ3) is 4.13. The smallest absolute Gasteiger partial charge is 0.414 e. The van der Waals surface area contributed by atoms with E-state index >= 15 is 0 Å². The topological polar surface area (TPSA) is 56.6 Å². The Morgan fingerprint density at radius 1 is 1.12 bits per heavy atom. The molecule has 1 aliphatic carbocycles. The molecule has 1 aromatic heterocycles. The lowest BCUT2D eigenvalue weighted by atomic mass is 9.94. The predicted octanol–water partition coefficient (Wildman–Crippen LogP) is 6.70. The lowest BCUT2D eigenvalue weighted by molar-refractivity contribution is 0.175. The molecule has 1 aliphatic heterocycles. The Bertz CT molecular complexity index is 1220. The number of anilines is 1. The number of hydrogen-bond acceptors (Lipinski definition) is 4. The van der Waals surface area contributed by atoms with Gasteiger partial charge in [0.25, 0.3) is 0 Å². The predicted molar refractivity (Wildman–Crippen MR) is 135 cm³/mol. The summed E-state index contributed by atoms with van der Waals surface area (Å²) in [6, 6.07) is 10.6. The third-order valence-corrected chi connectivity index (χ3v) is 7.59. The Balaban J connectivity index is 1.65. The van der Waals surface area contributed by atoms with Crippen LogP contribution in [0.3, 0.4) is 0 Å². The Labute approximate surface area is 205 Å². The molecule has 3 aromatic rings. The second-order valence-electron chi connectivity index (χ2n) is 9.52. The fourth-order valence-electron chi connectivity index (χ4n) is 5.72. The molecule has 1 fully saturated rings. The van der Waals surface area contributed by atoms with Gasteiger partial charge in [-0.3, -0.25) is 4.90 Å². The van der Waals surface area contributed by atoms with Crippen molar-refractivity contribution in [2.45, 2.75) is 70.4 Å². The third-order valence-electron chi connectivity index (χ3n) is 7.37. The van der Waals surface area contributed by atoms with Gasteiger partial charge < -0.3 is 14.0 Å². The Kier molecular flexibility index (Phi) is 6.43. The first-order chi connectivity index (χ1) is 16.5. The number of methoxy groups -OCH3 is 2. The lowest BCUT2D eigenvalue weighted by Crippen LogP contribution is -2.42. The van der Waals surface area contributed by atoms with Gasteiger partial charge in [-0.2, -0.15) is 0 Å². The van der Waals surface area contributed by atoms with E-state index in [1.807, 2.05) is 18.2 Å². The van der Waals surface area contributed by atoms with Crippen molar-refractivity contribution < 1.29 is 14.3 Å². The summed E-state index contributed by atoms with van der Waals surface area (Å²) in [5.74, 6) is 1.80. The Hall–Kier alpha value is -2.73. The summed E-state index contributed by atoms with van der Waals surface area (Å²) in [7, 11) is 3.10. The highest BCUT2D eigenvalue weighted by molar-refractivity contribution is 6.30. The first kappa shape index (κ1) is 23.0. The summed E-state index contributed by atoms with van der Waals surface area (Å²) in [5.41, 5.74) is 5.31. The number of aryl methyl sites for hydroxylation is 1.